The maximum absolute atomic E-state index is 12.2. The van der Waals surface area contributed by atoms with Gasteiger partial charge in [0.05, 0.1) is 4.88 Å². The number of nitrogens with zero attached hydrogens (tertiary/aromatic N) is 1. The molecule has 3 nitrogen and oxygen atoms in total. The van der Waals surface area contributed by atoms with Gasteiger partial charge in [-0.05, 0) is 29.3 Å². The summed E-state index contributed by atoms with van der Waals surface area (Å²) in [5.41, 5.74) is 1.10. The zero-order valence-electron chi connectivity index (χ0n) is 11.4. The summed E-state index contributed by atoms with van der Waals surface area (Å²) in [6.45, 7) is 6.34. The molecule has 19 heavy (non-hydrogen) atoms. The molecule has 2 rings (SSSR count). The number of aromatic nitrogens is 1. The lowest BCUT2D eigenvalue weighted by Gasteiger charge is -2.06. The van der Waals surface area contributed by atoms with Crippen molar-refractivity contribution in [3.8, 4) is 0 Å². The molecule has 0 unspecified atom stereocenters. The molecule has 2 aromatic rings. The molecule has 0 spiro atoms. The molecule has 0 aliphatic carbocycles. The van der Waals surface area contributed by atoms with Gasteiger partial charge in [-0.25, -0.2) is 4.98 Å². The first-order valence-electron chi connectivity index (χ1n) is 6.45. The summed E-state index contributed by atoms with van der Waals surface area (Å²) in [4.78, 5) is 18.5. The van der Waals surface area contributed by atoms with Crippen LogP contribution in [0.15, 0.2) is 17.6 Å². The fourth-order valence-corrected chi connectivity index (χ4v) is 3.70. The lowest BCUT2D eigenvalue weighted by atomic mass is 10.0. The number of thiazole rings is 1. The van der Waals surface area contributed by atoms with Crippen molar-refractivity contribution in [2.45, 2.75) is 39.5 Å². The van der Waals surface area contributed by atoms with E-state index in [1.165, 1.54) is 16.2 Å². The van der Waals surface area contributed by atoms with Crippen molar-refractivity contribution in [3.63, 3.8) is 0 Å². The van der Waals surface area contributed by atoms with Crippen LogP contribution in [0.1, 0.15) is 53.2 Å². The Labute approximate surface area is 121 Å². The third kappa shape index (κ3) is 3.42. The Morgan fingerprint density at radius 1 is 1.47 bits per heavy atom. The molecule has 0 saturated carbocycles. The number of carbonyl (C=O) groups is 1. The van der Waals surface area contributed by atoms with E-state index in [4.69, 9.17) is 0 Å². The zero-order chi connectivity index (χ0) is 13.8. The van der Waals surface area contributed by atoms with Crippen molar-refractivity contribution in [2.24, 2.45) is 0 Å². The van der Waals surface area contributed by atoms with Crippen LogP contribution in [0.3, 0.4) is 0 Å². The van der Waals surface area contributed by atoms with Gasteiger partial charge in [-0.2, -0.15) is 0 Å². The maximum Gasteiger partial charge on any atom is 0.267 e. The standard InChI is InChI=1S/C14H18N2OS2/c1-4-5-10-8-15-14(19-10)16-13(17)12-11(9(2)3)6-7-18-12/h6-9H,4-5H2,1-3H3,(H,15,16,17). The van der Waals surface area contributed by atoms with Gasteiger partial charge in [0.15, 0.2) is 5.13 Å². The molecule has 2 aromatic heterocycles. The number of anilines is 1. The van der Waals surface area contributed by atoms with Crippen molar-refractivity contribution in [3.05, 3.63) is 33.0 Å². The number of rotatable bonds is 5. The van der Waals surface area contributed by atoms with Crippen LogP contribution in [0.4, 0.5) is 5.13 Å². The van der Waals surface area contributed by atoms with E-state index in [9.17, 15) is 4.79 Å². The minimum Gasteiger partial charge on any atom is -0.297 e. The van der Waals surface area contributed by atoms with Gasteiger partial charge in [0.1, 0.15) is 0 Å². The molecule has 0 aliphatic rings. The molecule has 5 heteroatoms. The third-order valence-corrected chi connectivity index (χ3v) is 4.70. The molecule has 0 aliphatic heterocycles. The van der Waals surface area contributed by atoms with Crippen molar-refractivity contribution >= 4 is 33.7 Å². The van der Waals surface area contributed by atoms with E-state index >= 15 is 0 Å². The largest absolute Gasteiger partial charge is 0.297 e. The van der Waals surface area contributed by atoms with Gasteiger partial charge in [0.25, 0.3) is 5.91 Å². The fourth-order valence-electron chi connectivity index (χ4n) is 1.84. The monoisotopic (exact) mass is 294 g/mol. The topological polar surface area (TPSA) is 42.0 Å². The summed E-state index contributed by atoms with van der Waals surface area (Å²) in [5.74, 6) is 0.315. The quantitative estimate of drug-likeness (QED) is 0.880. The Kier molecular flexibility index (Phi) is 4.71. The molecule has 0 radical (unpaired) electrons. The van der Waals surface area contributed by atoms with Crippen LogP contribution in [0.5, 0.6) is 0 Å². The molecular weight excluding hydrogens is 276 g/mol. The lowest BCUT2D eigenvalue weighted by Crippen LogP contribution is -2.12. The normalized spacial score (nSPS) is 10.9. The first kappa shape index (κ1) is 14.2. The molecule has 0 fully saturated rings. The number of hydrogen-bond donors (Lipinski definition) is 1. The Morgan fingerprint density at radius 3 is 2.95 bits per heavy atom. The number of amides is 1. The zero-order valence-corrected chi connectivity index (χ0v) is 13.0. The van der Waals surface area contributed by atoms with Gasteiger partial charge in [0, 0.05) is 11.1 Å². The molecule has 0 aromatic carbocycles. The fraction of sp³-hybridized carbons (Fsp3) is 0.429. The highest BCUT2D eigenvalue weighted by Crippen LogP contribution is 2.26. The number of carbonyl (C=O) groups excluding carboxylic acids is 1. The second kappa shape index (κ2) is 6.30. The Bertz CT molecular complexity index is 557. The number of thiophene rings is 1. The van der Waals surface area contributed by atoms with Gasteiger partial charge < -0.3 is 0 Å². The molecule has 0 bridgehead atoms. The summed E-state index contributed by atoms with van der Waals surface area (Å²) < 4.78 is 0. The van der Waals surface area contributed by atoms with Crippen LogP contribution in [0, 0.1) is 0 Å². The van der Waals surface area contributed by atoms with Gasteiger partial charge in [0.2, 0.25) is 0 Å². The van der Waals surface area contributed by atoms with E-state index < -0.39 is 0 Å². The number of aryl methyl sites for hydroxylation is 1. The lowest BCUT2D eigenvalue weighted by molar-refractivity contribution is 0.102. The van der Waals surface area contributed by atoms with Crippen LogP contribution in [-0.2, 0) is 6.42 Å². The van der Waals surface area contributed by atoms with Crippen LogP contribution < -0.4 is 5.32 Å². The van der Waals surface area contributed by atoms with Crippen LogP contribution in [-0.4, -0.2) is 10.9 Å². The van der Waals surface area contributed by atoms with Crippen LogP contribution in [0.2, 0.25) is 0 Å². The number of hydrogen-bond acceptors (Lipinski definition) is 4. The summed E-state index contributed by atoms with van der Waals surface area (Å²) in [6.07, 6.45) is 3.96. The molecule has 102 valence electrons. The van der Waals surface area contributed by atoms with Gasteiger partial charge in [-0.3, -0.25) is 10.1 Å². The highest BCUT2D eigenvalue weighted by Gasteiger charge is 2.16. The maximum atomic E-state index is 12.2. The van der Waals surface area contributed by atoms with Crippen molar-refractivity contribution in [1.82, 2.24) is 4.98 Å². The summed E-state index contributed by atoms with van der Waals surface area (Å²) in [7, 11) is 0. The summed E-state index contributed by atoms with van der Waals surface area (Å²) >= 11 is 3.05. The molecule has 0 saturated heterocycles. The average Bonchev–Trinajstić information content (AvgIpc) is 2.98. The van der Waals surface area contributed by atoms with Gasteiger partial charge >= 0.3 is 0 Å². The second-order valence-corrected chi connectivity index (χ2v) is 6.73. The minimum absolute atomic E-state index is 0.0453. The molecule has 1 N–H and O–H groups in total. The average molecular weight is 294 g/mol. The van der Waals surface area contributed by atoms with Crippen LogP contribution >= 0.6 is 22.7 Å². The first-order valence-corrected chi connectivity index (χ1v) is 8.14. The van der Waals surface area contributed by atoms with Gasteiger partial charge in [-0.15, -0.1) is 22.7 Å². The van der Waals surface area contributed by atoms with Gasteiger partial charge in [-0.1, -0.05) is 27.2 Å². The molecular formula is C14H18N2OS2. The minimum atomic E-state index is -0.0453. The second-order valence-electron chi connectivity index (χ2n) is 4.70. The highest BCUT2D eigenvalue weighted by molar-refractivity contribution is 7.16. The van der Waals surface area contributed by atoms with E-state index in [1.54, 1.807) is 11.3 Å². The highest BCUT2D eigenvalue weighted by atomic mass is 32.1. The molecule has 0 atom stereocenters. The molecule has 1 amide bonds. The van der Waals surface area contributed by atoms with E-state index in [0.717, 1.165) is 23.3 Å². The van der Waals surface area contributed by atoms with E-state index in [2.05, 4.69) is 31.1 Å². The van der Waals surface area contributed by atoms with E-state index in [-0.39, 0.29) is 5.91 Å². The number of nitrogens with one attached hydrogen (secondary N) is 1. The predicted molar refractivity (Wildman–Crippen MR) is 82.5 cm³/mol. The third-order valence-electron chi connectivity index (χ3n) is 2.79. The summed E-state index contributed by atoms with van der Waals surface area (Å²) in [5, 5.41) is 5.56. The Hall–Kier alpha value is -1.20. The SMILES string of the molecule is CCCc1cnc(NC(=O)c2sccc2C(C)C)s1. The first-order chi connectivity index (χ1) is 9.11. The van der Waals surface area contributed by atoms with Crippen molar-refractivity contribution < 1.29 is 4.79 Å². The van der Waals surface area contributed by atoms with Crippen molar-refractivity contribution in [2.75, 3.05) is 5.32 Å². The van der Waals surface area contributed by atoms with Crippen molar-refractivity contribution in [1.29, 1.82) is 0 Å². The van der Waals surface area contributed by atoms with E-state index in [0.29, 0.717) is 11.0 Å². The van der Waals surface area contributed by atoms with E-state index in [1.807, 2.05) is 17.6 Å². The Balaban J connectivity index is 2.09. The summed E-state index contributed by atoms with van der Waals surface area (Å²) in [6, 6.07) is 2.02. The van der Waals surface area contributed by atoms with Crippen LogP contribution in [0.25, 0.3) is 0 Å². The smallest absolute Gasteiger partial charge is 0.267 e. The predicted octanol–water partition coefficient (Wildman–Crippen LogP) is 4.53. The molecule has 2 heterocycles. The Morgan fingerprint density at radius 2 is 2.26 bits per heavy atom.